The Hall–Kier alpha value is -1.42. The fraction of sp³-hybridized carbons (Fsp3) is 0.455. The number of ether oxygens (including phenoxy) is 3. The average Bonchev–Trinajstić information content (AvgIpc) is 2.74. The highest BCUT2D eigenvalue weighted by Crippen LogP contribution is 2.43. The smallest absolute Gasteiger partial charge is 0.231 e. The second-order valence-corrected chi connectivity index (χ2v) is 3.38. The van der Waals surface area contributed by atoms with E-state index in [9.17, 15) is 5.11 Å². The van der Waals surface area contributed by atoms with E-state index in [-0.39, 0.29) is 6.79 Å². The minimum absolute atomic E-state index is 0.206. The Morgan fingerprint density at radius 2 is 2.27 bits per heavy atom. The van der Waals surface area contributed by atoms with E-state index in [2.05, 4.69) is 0 Å². The largest absolute Gasteiger partial charge is 0.493 e. The molecule has 0 bridgehead atoms. The lowest BCUT2D eigenvalue weighted by Gasteiger charge is -2.11. The van der Waals surface area contributed by atoms with Crippen molar-refractivity contribution in [1.82, 2.24) is 0 Å². The van der Waals surface area contributed by atoms with Crippen LogP contribution in [0.5, 0.6) is 17.2 Å². The van der Waals surface area contributed by atoms with Crippen LogP contribution in [0.3, 0.4) is 0 Å². The molecule has 1 aliphatic rings. The van der Waals surface area contributed by atoms with Crippen molar-refractivity contribution in [2.45, 2.75) is 19.4 Å². The number of fused-ring (bicyclic) bond motifs is 1. The molecule has 0 aliphatic carbocycles. The Morgan fingerprint density at radius 1 is 1.47 bits per heavy atom. The van der Waals surface area contributed by atoms with Gasteiger partial charge in [0.25, 0.3) is 0 Å². The molecule has 0 spiro atoms. The summed E-state index contributed by atoms with van der Waals surface area (Å²) in [5, 5.41) is 9.73. The molecule has 1 atom stereocenters. The molecule has 0 aromatic heterocycles. The number of benzene rings is 1. The van der Waals surface area contributed by atoms with Crippen molar-refractivity contribution in [3.05, 3.63) is 17.7 Å². The van der Waals surface area contributed by atoms with Crippen LogP contribution in [-0.4, -0.2) is 19.0 Å². The van der Waals surface area contributed by atoms with Crippen LogP contribution in [0.4, 0.5) is 0 Å². The van der Waals surface area contributed by atoms with Gasteiger partial charge in [-0.1, -0.05) is 6.92 Å². The van der Waals surface area contributed by atoms with Crippen LogP contribution in [0.2, 0.25) is 0 Å². The number of hydrogen-bond donors (Lipinski definition) is 1. The summed E-state index contributed by atoms with van der Waals surface area (Å²) in [6, 6.07) is 3.57. The normalized spacial score (nSPS) is 15.1. The molecule has 0 amide bonds. The Labute approximate surface area is 88.4 Å². The number of methoxy groups -OCH3 is 1. The molecule has 82 valence electrons. The van der Waals surface area contributed by atoms with E-state index in [1.54, 1.807) is 19.2 Å². The van der Waals surface area contributed by atoms with Gasteiger partial charge >= 0.3 is 0 Å². The molecule has 1 aromatic carbocycles. The van der Waals surface area contributed by atoms with Crippen LogP contribution in [0.15, 0.2) is 12.1 Å². The van der Waals surface area contributed by atoms with Gasteiger partial charge < -0.3 is 19.3 Å². The van der Waals surface area contributed by atoms with E-state index >= 15 is 0 Å². The summed E-state index contributed by atoms with van der Waals surface area (Å²) in [4.78, 5) is 0. The number of aliphatic hydroxyl groups excluding tert-OH is 1. The van der Waals surface area contributed by atoms with Gasteiger partial charge in [-0.15, -0.1) is 0 Å². The molecule has 2 rings (SSSR count). The van der Waals surface area contributed by atoms with Crippen LogP contribution >= 0.6 is 0 Å². The topological polar surface area (TPSA) is 47.9 Å². The van der Waals surface area contributed by atoms with Gasteiger partial charge in [-0.2, -0.15) is 0 Å². The maximum Gasteiger partial charge on any atom is 0.231 e. The highest BCUT2D eigenvalue weighted by molar-refractivity contribution is 5.55. The maximum atomic E-state index is 9.73. The standard InChI is InChI=1S/C11H14O4/c1-3-8(12)7-4-9(13-2)11-10(5-7)14-6-15-11/h4-5,8,12H,3,6H2,1-2H3. The highest BCUT2D eigenvalue weighted by atomic mass is 16.7. The monoisotopic (exact) mass is 210 g/mol. The van der Waals surface area contributed by atoms with Gasteiger partial charge in [-0.3, -0.25) is 0 Å². The number of hydrogen-bond acceptors (Lipinski definition) is 4. The molecule has 15 heavy (non-hydrogen) atoms. The van der Waals surface area contributed by atoms with Crippen molar-refractivity contribution in [2.75, 3.05) is 13.9 Å². The van der Waals surface area contributed by atoms with E-state index in [0.717, 1.165) is 5.56 Å². The Bertz CT molecular complexity index is 362. The SMILES string of the molecule is CCC(O)c1cc(OC)c2c(c1)OCO2. The van der Waals surface area contributed by atoms with Crippen molar-refractivity contribution in [3.8, 4) is 17.2 Å². The predicted octanol–water partition coefficient (Wildman–Crippen LogP) is 1.87. The summed E-state index contributed by atoms with van der Waals surface area (Å²) in [7, 11) is 1.57. The second kappa shape index (κ2) is 3.98. The summed E-state index contributed by atoms with van der Waals surface area (Å²) >= 11 is 0. The summed E-state index contributed by atoms with van der Waals surface area (Å²) in [5.41, 5.74) is 0.790. The Kier molecular flexibility index (Phi) is 2.68. The van der Waals surface area contributed by atoms with Gasteiger partial charge in [0.1, 0.15) is 0 Å². The second-order valence-electron chi connectivity index (χ2n) is 3.38. The van der Waals surface area contributed by atoms with Gasteiger partial charge in [0, 0.05) is 0 Å². The zero-order valence-corrected chi connectivity index (χ0v) is 8.82. The zero-order chi connectivity index (χ0) is 10.8. The van der Waals surface area contributed by atoms with Crippen LogP contribution in [0, 0.1) is 0 Å². The molecule has 1 unspecified atom stereocenters. The quantitative estimate of drug-likeness (QED) is 0.827. The predicted molar refractivity (Wildman–Crippen MR) is 54.4 cm³/mol. The summed E-state index contributed by atoms with van der Waals surface area (Å²) in [5.74, 6) is 1.86. The molecule has 1 heterocycles. The number of aliphatic hydroxyl groups is 1. The Morgan fingerprint density at radius 3 is 2.93 bits per heavy atom. The summed E-state index contributed by atoms with van der Waals surface area (Å²) in [6.45, 7) is 2.12. The van der Waals surface area contributed by atoms with Gasteiger partial charge in [-0.05, 0) is 24.1 Å². The summed E-state index contributed by atoms with van der Waals surface area (Å²) in [6.07, 6.45) is 0.163. The minimum atomic E-state index is -0.492. The summed E-state index contributed by atoms with van der Waals surface area (Å²) < 4.78 is 15.7. The molecule has 1 aromatic rings. The van der Waals surface area contributed by atoms with Crippen molar-refractivity contribution in [3.63, 3.8) is 0 Å². The lowest BCUT2D eigenvalue weighted by atomic mass is 10.1. The van der Waals surface area contributed by atoms with Crippen molar-refractivity contribution in [1.29, 1.82) is 0 Å². The molecule has 4 nitrogen and oxygen atoms in total. The molecular formula is C11H14O4. The minimum Gasteiger partial charge on any atom is -0.493 e. The van der Waals surface area contributed by atoms with Gasteiger partial charge in [0.2, 0.25) is 12.5 Å². The molecule has 4 heteroatoms. The fourth-order valence-corrected chi connectivity index (χ4v) is 1.58. The average molecular weight is 210 g/mol. The molecule has 0 fully saturated rings. The fourth-order valence-electron chi connectivity index (χ4n) is 1.58. The molecule has 0 saturated heterocycles. The van der Waals surface area contributed by atoms with Crippen LogP contribution < -0.4 is 14.2 Å². The molecule has 0 saturated carbocycles. The first kappa shape index (κ1) is 10.1. The van der Waals surface area contributed by atoms with Crippen molar-refractivity contribution in [2.24, 2.45) is 0 Å². The molecule has 0 radical (unpaired) electrons. The van der Waals surface area contributed by atoms with Crippen molar-refractivity contribution >= 4 is 0 Å². The zero-order valence-electron chi connectivity index (χ0n) is 8.82. The van der Waals surface area contributed by atoms with Crippen LogP contribution in [-0.2, 0) is 0 Å². The third kappa shape index (κ3) is 1.72. The third-order valence-corrected chi connectivity index (χ3v) is 2.45. The first-order chi connectivity index (χ1) is 7.26. The van der Waals surface area contributed by atoms with E-state index in [4.69, 9.17) is 14.2 Å². The highest BCUT2D eigenvalue weighted by Gasteiger charge is 2.21. The van der Waals surface area contributed by atoms with E-state index < -0.39 is 6.10 Å². The van der Waals surface area contributed by atoms with Gasteiger partial charge in [-0.25, -0.2) is 0 Å². The van der Waals surface area contributed by atoms with Gasteiger partial charge in [0.15, 0.2) is 11.5 Å². The van der Waals surface area contributed by atoms with Crippen LogP contribution in [0.1, 0.15) is 25.0 Å². The first-order valence-electron chi connectivity index (χ1n) is 4.91. The lowest BCUT2D eigenvalue weighted by Crippen LogP contribution is -1.96. The first-order valence-corrected chi connectivity index (χ1v) is 4.91. The van der Waals surface area contributed by atoms with Gasteiger partial charge in [0.05, 0.1) is 13.2 Å². The molecule has 1 N–H and O–H groups in total. The Balaban J connectivity index is 2.43. The van der Waals surface area contributed by atoms with Crippen molar-refractivity contribution < 1.29 is 19.3 Å². The number of rotatable bonds is 3. The van der Waals surface area contributed by atoms with E-state index in [0.29, 0.717) is 23.7 Å². The molecule has 1 aliphatic heterocycles. The third-order valence-electron chi connectivity index (χ3n) is 2.45. The lowest BCUT2D eigenvalue weighted by molar-refractivity contribution is 0.169. The van der Waals surface area contributed by atoms with E-state index in [1.165, 1.54) is 0 Å². The van der Waals surface area contributed by atoms with Crippen LogP contribution in [0.25, 0.3) is 0 Å². The maximum absolute atomic E-state index is 9.73. The van der Waals surface area contributed by atoms with E-state index in [1.807, 2.05) is 6.92 Å². The molecular weight excluding hydrogens is 196 g/mol.